The van der Waals surface area contributed by atoms with Crippen molar-refractivity contribution in [2.75, 3.05) is 6.54 Å². The summed E-state index contributed by atoms with van der Waals surface area (Å²) in [4.78, 5) is 22.7. The van der Waals surface area contributed by atoms with Crippen molar-refractivity contribution in [3.05, 3.63) is 95.1 Å². The number of rotatable bonds is 13. The van der Waals surface area contributed by atoms with Crippen LogP contribution in [0.4, 0.5) is 0 Å². The molecule has 0 amide bonds. The summed E-state index contributed by atoms with van der Waals surface area (Å²) in [5.41, 5.74) is 7.26. The fraction of sp³-hybridized carbons (Fsp3) is 0.286. The minimum Gasteiger partial charge on any atom is -0.548 e. The van der Waals surface area contributed by atoms with Crippen molar-refractivity contribution in [3.63, 3.8) is 0 Å². The number of hydrogen-bond acceptors (Lipinski definition) is 8. The van der Waals surface area contributed by atoms with E-state index in [1.807, 2.05) is 31.2 Å². The molecule has 36 heavy (non-hydrogen) atoms. The fourth-order valence-electron chi connectivity index (χ4n) is 3.95. The lowest BCUT2D eigenvalue weighted by atomic mass is 9.87. The molecule has 0 heterocycles. The van der Waals surface area contributed by atoms with E-state index < -0.39 is 23.5 Å². The first-order chi connectivity index (χ1) is 17.3. The Labute approximate surface area is 210 Å². The van der Waals surface area contributed by atoms with Crippen LogP contribution in [0.15, 0.2) is 72.8 Å². The molecule has 8 heteroatoms. The molecule has 2 atom stereocenters. The van der Waals surface area contributed by atoms with E-state index in [0.717, 1.165) is 11.1 Å². The fourth-order valence-corrected chi connectivity index (χ4v) is 3.95. The van der Waals surface area contributed by atoms with E-state index >= 15 is 0 Å². The molecule has 3 aromatic carbocycles. The van der Waals surface area contributed by atoms with Gasteiger partial charge in [0.05, 0.1) is 23.5 Å². The summed E-state index contributed by atoms with van der Waals surface area (Å²) in [6.07, 6.45) is 0.357. The predicted octanol–water partition coefficient (Wildman–Crippen LogP) is 1.56. The van der Waals surface area contributed by atoms with E-state index in [1.165, 1.54) is 0 Å². The molecule has 3 aromatic rings. The van der Waals surface area contributed by atoms with Crippen LogP contribution in [-0.2, 0) is 28.3 Å². The van der Waals surface area contributed by atoms with E-state index in [1.54, 1.807) is 55.5 Å². The Morgan fingerprint density at radius 1 is 0.889 bits per heavy atom. The SMILES string of the molecule is CCN[C@@](CC)(C(=O)[O-])c1ccc(OCc2cccc(COc3ccc([C@@H](N)C(=O)[O-])cc3)c2)cc1. The van der Waals surface area contributed by atoms with Crippen LogP contribution in [0.1, 0.15) is 48.6 Å². The standard InChI is InChI=1S/C28H32N2O6/c1-3-28(27(33)34,30-4-2)22-10-14-24(15-11-22)36-18-20-7-5-6-19(16-20)17-35-23-12-8-21(9-13-23)25(29)26(31)32/h5-16,25,30H,3-4,17-18,29H2,1-2H3,(H,31,32)(H,33,34)/p-2/t25-,28-/m1/s1. The minimum atomic E-state index is -1.33. The molecule has 0 radical (unpaired) electrons. The number of likely N-dealkylation sites (N-methyl/N-ethyl adjacent to an activating group) is 1. The molecule has 0 unspecified atom stereocenters. The second-order valence-corrected chi connectivity index (χ2v) is 8.36. The number of nitrogens with two attached hydrogens (primary N) is 1. The van der Waals surface area contributed by atoms with Gasteiger partial charge in [-0.2, -0.15) is 0 Å². The summed E-state index contributed by atoms with van der Waals surface area (Å²) in [6, 6.07) is 20.1. The Morgan fingerprint density at radius 3 is 1.86 bits per heavy atom. The van der Waals surface area contributed by atoms with E-state index in [2.05, 4.69) is 5.32 Å². The van der Waals surface area contributed by atoms with Crippen LogP contribution < -0.4 is 30.7 Å². The predicted molar refractivity (Wildman–Crippen MR) is 131 cm³/mol. The third kappa shape index (κ3) is 6.41. The van der Waals surface area contributed by atoms with Gasteiger partial charge in [-0.3, -0.25) is 0 Å². The number of carboxylic acids is 2. The van der Waals surface area contributed by atoms with E-state index in [-0.39, 0.29) is 0 Å². The molecule has 0 bridgehead atoms. The number of carboxylic acid groups (broad SMARTS) is 2. The van der Waals surface area contributed by atoms with Gasteiger partial charge >= 0.3 is 0 Å². The summed E-state index contributed by atoms with van der Waals surface area (Å²) in [5, 5.41) is 25.8. The van der Waals surface area contributed by atoms with Crippen LogP contribution in [0, 0.1) is 0 Å². The van der Waals surface area contributed by atoms with Gasteiger partial charge in [0.25, 0.3) is 0 Å². The highest BCUT2D eigenvalue weighted by Gasteiger charge is 2.30. The topological polar surface area (TPSA) is 137 Å². The summed E-state index contributed by atoms with van der Waals surface area (Å²) in [6.45, 7) is 4.82. The molecular weight excluding hydrogens is 460 g/mol. The van der Waals surface area contributed by atoms with Crippen LogP contribution in [0.3, 0.4) is 0 Å². The number of carbonyl (C=O) groups excluding carboxylic acids is 2. The smallest absolute Gasteiger partial charge is 0.119 e. The Balaban J connectivity index is 1.59. The number of aliphatic carboxylic acids is 2. The van der Waals surface area contributed by atoms with Gasteiger partial charge < -0.3 is 40.3 Å². The van der Waals surface area contributed by atoms with Crippen LogP contribution in [0.2, 0.25) is 0 Å². The summed E-state index contributed by atoms with van der Waals surface area (Å²) in [5.74, 6) is -1.28. The number of carbonyl (C=O) groups is 2. The zero-order chi connectivity index (χ0) is 26.1. The van der Waals surface area contributed by atoms with E-state index in [9.17, 15) is 19.8 Å². The van der Waals surface area contributed by atoms with Gasteiger partial charge in [-0.1, -0.05) is 56.3 Å². The van der Waals surface area contributed by atoms with E-state index in [0.29, 0.717) is 48.8 Å². The zero-order valence-corrected chi connectivity index (χ0v) is 20.4. The Hall–Kier alpha value is -3.88. The molecule has 0 aliphatic carbocycles. The van der Waals surface area contributed by atoms with Crippen molar-refractivity contribution in [2.45, 2.75) is 45.1 Å². The van der Waals surface area contributed by atoms with Crippen molar-refractivity contribution >= 4 is 11.9 Å². The molecule has 190 valence electrons. The molecule has 0 saturated carbocycles. The maximum Gasteiger partial charge on any atom is 0.119 e. The third-order valence-electron chi connectivity index (χ3n) is 6.00. The van der Waals surface area contributed by atoms with Gasteiger partial charge in [-0.15, -0.1) is 0 Å². The van der Waals surface area contributed by atoms with Crippen LogP contribution in [-0.4, -0.2) is 18.5 Å². The van der Waals surface area contributed by atoms with Gasteiger partial charge in [-0.25, -0.2) is 0 Å². The molecular formula is C28H30N2O6-2. The summed E-state index contributed by atoms with van der Waals surface area (Å²) >= 11 is 0. The second kappa shape index (κ2) is 12.2. The molecule has 0 aliphatic rings. The average Bonchev–Trinajstić information content (AvgIpc) is 2.89. The quantitative estimate of drug-likeness (QED) is 0.368. The lowest BCUT2D eigenvalue weighted by Crippen LogP contribution is -2.55. The highest BCUT2D eigenvalue weighted by molar-refractivity contribution is 5.79. The first-order valence-corrected chi connectivity index (χ1v) is 11.8. The third-order valence-corrected chi connectivity index (χ3v) is 6.00. The summed E-state index contributed by atoms with van der Waals surface area (Å²) < 4.78 is 11.7. The van der Waals surface area contributed by atoms with Crippen molar-refractivity contribution in [2.24, 2.45) is 5.73 Å². The number of hydrogen-bond donors (Lipinski definition) is 2. The van der Waals surface area contributed by atoms with Crippen molar-refractivity contribution in [1.29, 1.82) is 0 Å². The van der Waals surface area contributed by atoms with Crippen LogP contribution in [0.5, 0.6) is 11.5 Å². The Bertz CT molecular complexity index is 1160. The molecule has 0 saturated heterocycles. The monoisotopic (exact) mass is 490 g/mol. The normalized spacial score (nSPS) is 13.4. The zero-order valence-electron chi connectivity index (χ0n) is 20.4. The number of ether oxygens (including phenoxy) is 2. The molecule has 0 aromatic heterocycles. The molecule has 0 aliphatic heterocycles. The maximum atomic E-state index is 11.8. The molecule has 3 N–H and O–H groups in total. The molecule has 0 spiro atoms. The van der Waals surface area contributed by atoms with Gasteiger partial charge in [0.1, 0.15) is 24.7 Å². The average molecular weight is 491 g/mol. The Kier molecular flexibility index (Phi) is 9.05. The van der Waals surface area contributed by atoms with Gasteiger partial charge in [0.15, 0.2) is 0 Å². The lowest BCUT2D eigenvalue weighted by molar-refractivity contribution is -0.315. The van der Waals surface area contributed by atoms with Gasteiger partial charge in [0, 0.05) is 0 Å². The maximum absolute atomic E-state index is 11.8. The highest BCUT2D eigenvalue weighted by atomic mass is 16.5. The van der Waals surface area contributed by atoms with E-state index in [4.69, 9.17) is 15.2 Å². The lowest BCUT2D eigenvalue weighted by Gasteiger charge is -2.35. The van der Waals surface area contributed by atoms with Crippen LogP contribution >= 0.6 is 0 Å². The number of benzene rings is 3. The van der Waals surface area contributed by atoms with Crippen molar-refractivity contribution < 1.29 is 29.3 Å². The largest absolute Gasteiger partial charge is 0.548 e. The minimum absolute atomic E-state index is 0.321. The summed E-state index contributed by atoms with van der Waals surface area (Å²) in [7, 11) is 0. The first-order valence-electron chi connectivity index (χ1n) is 11.8. The van der Waals surface area contributed by atoms with Gasteiger partial charge in [0.2, 0.25) is 0 Å². The Morgan fingerprint density at radius 2 is 1.42 bits per heavy atom. The first kappa shape index (κ1) is 26.7. The molecule has 0 fully saturated rings. The molecule has 3 rings (SSSR count). The van der Waals surface area contributed by atoms with Gasteiger partial charge in [-0.05, 0) is 65.6 Å². The highest BCUT2D eigenvalue weighted by Crippen LogP contribution is 2.27. The number of nitrogens with one attached hydrogen (secondary N) is 1. The van der Waals surface area contributed by atoms with Crippen LogP contribution in [0.25, 0.3) is 0 Å². The van der Waals surface area contributed by atoms with Crippen molar-refractivity contribution in [1.82, 2.24) is 5.32 Å². The second-order valence-electron chi connectivity index (χ2n) is 8.36. The van der Waals surface area contributed by atoms with Crippen molar-refractivity contribution in [3.8, 4) is 11.5 Å². The molecule has 8 nitrogen and oxygen atoms in total.